The van der Waals surface area contributed by atoms with Gasteiger partial charge in [-0.2, -0.15) is 0 Å². The molecule has 0 saturated carbocycles. The fourth-order valence-corrected chi connectivity index (χ4v) is 3.36. The summed E-state index contributed by atoms with van der Waals surface area (Å²) in [7, 11) is 0. The summed E-state index contributed by atoms with van der Waals surface area (Å²) >= 11 is 12.1. The minimum Gasteiger partial charge on any atom is -0.330 e. The van der Waals surface area contributed by atoms with Crippen molar-refractivity contribution in [3.05, 3.63) is 61.5 Å². The van der Waals surface area contributed by atoms with Crippen LogP contribution in [0, 0.1) is 10.6 Å². The van der Waals surface area contributed by atoms with Gasteiger partial charge in [0.25, 0.3) is 0 Å². The lowest BCUT2D eigenvalue weighted by molar-refractivity contribution is 0.621. The van der Waals surface area contributed by atoms with E-state index in [0.717, 1.165) is 15.6 Å². The Bertz CT molecular complexity index is 868. The van der Waals surface area contributed by atoms with Crippen LogP contribution in [0.2, 0.25) is 0 Å². The summed E-state index contributed by atoms with van der Waals surface area (Å²) in [5.41, 5.74) is 2.71. The molecule has 0 amide bonds. The average molecular weight is 430 g/mol. The summed E-state index contributed by atoms with van der Waals surface area (Å²) in [4.78, 5) is 3.06. The molecule has 0 aliphatic heterocycles. The van der Waals surface area contributed by atoms with E-state index in [-0.39, 0.29) is 11.9 Å². The van der Waals surface area contributed by atoms with Crippen LogP contribution in [0.25, 0.3) is 11.0 Å². The summed E-state index contributed by atoms with van der Waals surface area (Å²) in [5.74, 6) is -0.304. The van der Waals surface area contributed by atoms with Gasteiger partial charge in [0.2, 0.25) is 0 Å². The van der Waals surface area contributed by atoms with Gasteiger partial charge >= 0.3 is 0 Å². The normalized spacial score (nSPS) is 12.8. The van der Waals surface area contributed by atoms with Crippen molar-refractivity contribution < 1.29 is 4.39 Å². The molecule has 108 valence electrons. The molecule has 3 aromatic rings. The molecule has 3 rings (SSSR count). The van der Waals surface area contributed by atoms with Gasteiger partial charge in [-0.05, 0) is 58.8 Å². The highest BCUT2D eigenvalue weighted by Crippen LogP contribution is 2.28. The lowest BCUT2D eigenvalue weighted by Gasteiger charge is -2.15. The predicted octanol–water partition coefficient (Wildman–Crippen LogP) is 5.97. The lowest BCUT2D eigenvalue weighted by atomic mass is 10.1. The van der Waals surface area contributed by atoms with Crippen LogP contribution in [-0.2, 0) is 0 Å². The standard InChI is InChI=1S/C15H11Br2FN2S/c1-8(9-2-4-10(16)5-3-9)20-14-6-11(17)12(18)7-13(14)19-15(20)21/h2-8H,1H3,(H,19,21). The second-order valence-electron chi connectivity index (χ2n) is 4.81. The van der Waals surface area contributed by atoms with E-state index in [4.69, 9.17) is 12.2 Å². The van der Waals surface area contributed by atoms with E-state index < -0.39 is 0 Å². The van der Waals surface area contributed by atoms with E-state index in [1.807, 2.05) is 28.8 Å². The smallest absolute Gasteiger partial charge is 0.178 e. The van der Waals surface area contributed by atoms with Crippen LogP contribution in [0.3, 0.4) is 0 Å². The number of rotatable bonds is 2. The average Bonchev–Trinajstić information content (AvgIpc) is 2.75. The van der Waals surface area contributed by atoms with Crippen LogP contribution in [0.4, 0.5) is 4.39 Å². The van der Waals surface area contributed by atoms with E-state index >= 15 is 0 Å². The fourth-order valence-electron chi connectivity index (χ4n) is 2.40. The van der Waals surface area contributed by atoms with Crippen LogP contribution in [0.15, 0.2) is 45.3 Å². The third kappa shape index (κ3) is 2.72. The maximum absolute atomic E-state index is 13.6. The highest BCUT2D eigenvalue weighted by molar-refractivity contribution is 9.10. The minimum absolute atomic E-state index is 0.0525. The topological polar surface area (TPSA) is 20.7 Å². The quantitative estimate of drug-likeness (QED) is 0.497. The second kappa shape index (κ2) is 5.66. The van der Waals surface area contributed by atoms with Crippen LogP contribution < -0.4 is 0 Å². The molecule has 21 heavy (non-hydrogen) atoms. The molecule has 0 aliphatic carbocycles. The lowest BCUT2D eigenvalue weighted by Crippen LogP contribution is -2.06. The van der Waals surface area contributed by atoms with Gasteiger partial charge in [-0.1, -0.05) is 28.1 Å². The number of nitrogens with zero attached hydrogens (tertiary/aromatic N) is 1. The third-order valence-electron chi connectivity index (χ3n) is 3.50. The number of hydrogen-bond acceptors (Lipinski definition) is 1. The molecule has 0 spiro atoms. The maximum Gasteiger partial charge on any atom is 0.178 e. The van der Waals surface area contributed by atoms with E-state index in [0.29, 0.717) is 14.8 Å². The maximum atomic E-state index is 13.6. The molecule has 2 nitrogen and oxygen atoms in total. The zero-order chi connectivity index (χ0) is 15.1. The number of benzene rings is 2. The summed E-state index contributed by atoms with van der Waals surface area (Å²) < 4.78 is 17.7. The van der Waals surface area contributed by atoms with Crippen LogP contribution in [0.1, 0.15) is 18.5 Å². The van der Waals surface area contributed by atoms with Gasteiger partial charge in [0, 0.05) is 10.5 Å². The number of hydrogen-bond donors (Lipinski definition) is 1. The van der Waals surface area contributed by atoms with Gasteiger partial charge in [0.1, 0.15) is 5.82 Å². The molecule has 1 aromatic heterocycles. The number of aromatic amines is 1. The predicted molar refractivity (Wildman–Crippen MR) is 92.7 cm³/mol. The Morgan fingerprint density at radius 2 is 1.86 bits per heavy atom. The van der Waals surface area contributed by atoms with Gasteiger partial charge < -0.3 is 9.55 Å². The van der Waals surface area contributed by atoms with Crippen LogP contribution >= 0.6 is 44.1 Å². The van der Waals surface area contributed by atoms with Crippen molar-refractivity contribution in [1.29, 1.82) is 0 Å². The van der Waals surface area contributed by atoms with Crippen molar-refractivity contribution in [1.82, 2.24) is 9.55 Å². The monoisotopic (exact) mass is 428 g/mol. The van der Waals surface area contributed by atoms with Gasteiger partial charge in [-0.3, -0.25) is 0 Å². The van der Waals surface area contributed by atoms with E-state index in [1.54, 1.807) is 6.07 Å². The van der Waals surface area contributed by atoms with Crippen molar-refractivity contribution in [2.45, 2.75) is 13.0 Å². The number of H-pyrrole nitrogens is 1. The van der Waals surface area contributed by atoms with Gasteiger partial charge in [0.15, 0.2) is 4.77 Å². The molecule has 0 fully saturated rings. The van der Waals surface area contributed by atoms with Crippen molar-refractivity contribution in [2.75, 3.05) is 0 Å². The number of nitrogens with one attached hydrogen (secondary N) is 1. The first-order valence-electron chi connectivity index (χ1n) is 6.32. The van der Waals surface area contributed by atoms with Crippen molar-refractivity contribution in [3.8, 4) is 0 Å². The zero-order valence-electron chi connectivity index (χ0n) is 11.0. The third-order valence-corrected chi connectivity index (χ3v) is 4.93. The SMILES string of the molecule is CC(c1ccc(Br)cc1)n1c(=S)[nH]c2cc(F)c(Br)cc21. The molecule has 6 heteroatoms. The Morgan fingerprint density at radius 1 is 1.19 bits per heavy atom. The molecule has 0 aliphatic rings. The Hall–Kier alpha value is -0.980. The first-order chi connectivity index (χ1) is 9.97. The Kier molecular flexibility index (Phi) is 4.03. The largest absolute Gasteiger partial charge is 0.330 e. The molecular weight excluding hydrogens is 419 g/mol. The first kappa shape index (κ1) is 14.9. The highest BCUT2D eigenvalue weighted by atomic mass is 79.9. The Labute approximate surface area is 143 Å². The molecule has 1 N–H and O–H groups in total. The van der Waals surface area contributed by atoms with Crippen molar-refractivity contribution >= 4 is 55.1 Å². The molecule has 2 aromatic carbocycles. The highest BCUT2D eigenvalue weighted by Gasteiger charge is 2.15. The Balaban J connectivity index is 2.19. The van der Waals surface area contributed by atoms with Gasteiger partial charge in [0.05, 0.1) is 21.5 Å². The van der Waals surface area contributed by atoms with Crippen LogP contribution in [-0.4, -0.2) is 9.55 Å². The molecular formula is C15H11Br2FN2S. The number of fused-ring (bicyclic) bond motifs is 1. The molecule has 0 radical (unpaired) electrons. The van der Waals surface area contributed by atoms with E-state index in [9.17, 15) is 4.39 Å². The summed E-state index contributed by atoms with van der Waals surface area (Å²) in [6.07, 6.45) is 0. The molecule has 1 unspecified atom stereocenters. The summed E-state index contributed by atoms with van der Waals surface area (Å²) in [6.45, 7) is 2.07. The second-order valence-corrected chi connectivity index (χ2v) is 6.97. The molecule has 1 atom stereocenters. The zero-order valence-corrected chi connectivity index (χ0v) is 15.0. The molecule has 0 saturated heterocycles. The number of imidazole rings is 1. The van der Waals surface area contributed by atoms with Gasteiger partial charge in [-0.25, -0.2) is 4.39 Å². The van der Waals surface area contributed by atoms with Gasteiger partial charge in [-0.15, -0.1) is 0 Å². The van der Waals surface area contributed by atoms with E-state index in [1.165, 1.54) is 6.07 Å². The summed E-state index contributed by atoms with van der Waals surface area (Å²) in [5, 5.41) is 0. The number of aromatic nitrogens is 2. The summed E-state index contributed by atoms with van der Waals surface area (Å²) in [6, 6.07) is 11.4. The fraction of sp³-hybridized carbons (Fsp3) is 0.133. The molecule has 1 heterocycles. The van der Waals surface area contributed by atoms with Crippen LogP contribution in [0.5, 0.6) is 0 Å². The minimum atomic E-state index is -0.304. The number of halogens is 3. The van der Waals surface area contributed by atoms with Crippen molar-refractivity contribution in [2.24, 2.45) is 0 Å². The Morgan fingerprint density at radius 3 is 2.52 bits per heavy atom. The van der Waals surface area contributed by atoms with Crippen molar-refractivity contribution in [3.63, 3.8) is 0 Å². The first-order valence-corrected chi connectivity index (χ1v) is 8.31. The van der Waals surface area contributed by atoms with E-state index in [2.05, 4.69) is 43.8 Å². The molecule has 0 bridgehead atoms.